The number of rotatable bonds is 5. The Labute approximate surface area is 181 Å². The molecule has 0 spiro atoms. The standard InChI is InChI=1S/C23H25N7O/c1-29-12-19-21(13-29)27-23(30-10-14-3-5-18(31-2)8-16(14)11-30)28-22(19)26-17-4-6-20(25)15(7-17)9-24/h3-9,24H,10-13,25H2,1-2H3,(H,26,27,28). The average Bonchev–Trinajstić information content (AvgIpc) is 3.37. The molecule has 3 aromatic rings. The second-order valence-corrected chi connectivity index (χ2v) is 8.07. The molecule has 3 heterocycles. The van der Waals surface area contributed by atoms with E-state index in [1.807, 2.05) is 24.3 Å². The van der Waals surface area contributed by atoms with Crippen LogP contribution in [0.1, 0.15) is 27.9 Å². The van der Waals surface area contributed by atoms with Crippen LogP contribution in [-0.4, -0.2) is 35.2 Å². The van der Waals surface area contributed by atoms with E-state index < -0.39 is 0 Å². The van der Waals surface area contributed by atoms with Gasteiger partial charge in [-0.15, -0.1) is 0 Å². The van der Waals surface area contributed by atoms with E-state index in [2.05, 4.69) is 34.3 Å². The molecule has 0 saturated carbocycles. The number of hydrogen-bond acceptors (Lipinski definition) is 8. The second kappa shape index (κ2) is 7.55. The summed E-state index contributed by atoms with van der Waals surface area (Å²) in [6, 6.07) is 11.8. The van der Waals surface area contributed by atoms with Gasteiger partial charge in [-0.2, -0.15) is 4.98 Å². The fourth-order valence-electron chi connectivity index (χ4n) is 4.19. The van der Waals surface area contributed by atoms with Crippen LogP contribution >= 0.6 is 0 Å². The Morgan fingerprint density at radius 2 is 1.90 bits per heavy atom. The van der Waals surface area contributed by atoms with Gasteiger partial charge < -0.3 is 26.1 Å². The van der Waals surface area contributed by atoms with Gasteiger partial charge >= 0.3 is 0 Å². The summed E-state index contributed by atoms with van der Waals surface area (Å²) in [6.45, 7) is 3.11. The number of hydrogen-bond donors (Lipinski definition) is 3. The Morgan fingerprint density at radius 3 is 2.71 bits per heavy atom. The van der Waals surface area contributed by atoms with E-state index in [1.165, 1.54) is 17.3 Å². The molecule has 0 radical (unpaired) electrons. The van der Waals surface area contributed by atoms with Gasteiger partial charge in [-0.1, -0.05) is 6.07 Å². The number of benzene rings is 2. The highest BCUT2D eigenvalue weighted by molar-refractivity contribution is 5.87. The number of anilines is 4. The first kappa shape index (κ1) is 19.3. The maximum Gasteiger partial charge on any atom is 0.228 e. The molecule has 5 rings (SSSR count). The summed E-state index contributed by atoms with van der Waals surface area (Å²) in [5, 5.41) is 11.0. The SMILES string of the molecule is COc1ccc2c(c1)CN(c1nc3c(c(Nc4ccc(N)c(C=N)c4)n1)CN(C)C3)C2. The summed E-state index contributed by atoms with van der Waals surface area (Å²) in [5.74, 6) is 2.39. The molecular formula is C23H25N7O. The molecule has 158 valence electrons. The van der Waals surface area contributed by atoms with Crippen molar-refractivity contribution in [1.29, 1.82) is 5.41 Å². The number of fused-ring (bicyclic) bond motifs is 2. The molecule has 0 aliphatic carbocycles. The van der Waals surface area contributed by atoms with Crippen LogP contribution in [-0.2, 0) is 26.2 Å². The Bertz CT molecular complexity index is 1180. The van der Waals surface area contributed by atoms with Crippen molar-refractivity contribution in [3.8, 4) is 5.75 Å². The lowest BCUT2D eigenvalue weighted by molar-refractivity contribution is 0.351. The Kier molecular flexibility index (Phi) is 4.71. The molecule has 0 unspecified atom stereocenters. The molecular weight excluding hydrogens is 390 g/mol. The normalized spacial score (nSPS) is 15.0. The first-order valence-electron chi connectivity index (χ1n) is 10.2. The van der Waals surface area contributed by atoms with E-state index in [0.29, 0.717) is 11.3 Å². The Hall–Kier alpha value is -3.65. The largest absolute Gasteiger partial charge is 0.497 e. The maximum atomic E-state index is 7.57. The number of nitrogens with zero attached hydrogens (tertiary/aromatic N) is 4. The fourth-order valence-corrected chi connectivity index (χ4v) is 4.19. The van der Waals surface area contributed by atoms with Crippen LogP contribution in [0.15, 0.2) is 36.4 Å². The summed E-state index contributed by atoms with van der Waals surface area (Å²) >= 11 is 0. The fraction of sp³-hybridized carbons (Fsp3) is 0.261. The lowest BCUT2D eigenvalue weighted by atomic mass is 10.1. The zero-order chi connectivity index (χ0) is 21.5. The number of methoxy groups -OCH3 is 1. The first-order chi connectivity index (χ1) is 15.0. The van der Waals surface area contributed by atoms with Gasteiger partial charge in [0, 0.05) is 54.9 Å². The van der Waals surface area contributed by atoms with Crippen molar-refractivity contribution in [3.63, 3.8) is 0 Å². The number of ether oxygens (including phenoxy) is 1. The zero-order valence-electron chi connectivity index (χ0n) is 17.6. The van der Waals surface area contributed by atoms with Gasteiger partial charge in [0.25, 0.3) is 0 Å². The number of aromatic nitrogens is 2. The average molecular weight is 416 g/mol. The minimum absolute atomic E-state index is 0.583. The van der Waals surface area contributed by atoms with Gasteiger partial charge in [-0.3, -0.25) is 4.90 Å². The highest BCUT2D eigenvalue weighted by Gasteiger charge is 2.27. The minimum atomic E-state index is 0.583. The topological polar surface area (TPSA) is 103 Å². The molecule has 0 amide bonds. The first-order valence-corrected chi connectivity index (χ1v) is 10.2. The van der Waals surface area contributed by atoms with E-state index in [1.54, 1.807) is 7.11 Å². The third kappa shape index (κ3) is 3.55. The molecule has 2 aliphatic heterocycles. The van der Waals surface area contributed by atoms with Gasteiger partial charge in [0.05, 0.1) is 12.8 Å². The van der Waals surface area contributed by atoms with E-state index in [9.17, 15) is 0 Å². The summed E-state index contributed by atoms with van der Waals surface area (Å²) in [5.41, 5.74) is 12.7. The van der Waals surface area contributed by atoms with E-state index in [-0.39, 0.29) is 0 Å². The molecule has 4 N–H and O–H groups in total. The molecule has 0 saturated heterocycles. The van der Waals surface area contributed by atoms with Crippen molar-refractivity contribution in [2.75, 3.05) is 30.1 Å². The van der Waals surface area contributed by atoms with E-state index in [0.717, 1.165) is 60.6 Å². The van der Waals surface area contributed by atoms with Crippen LogP contribution in [0.3, 0.4) is 0 Å². The molecule has 2 aromatic carbocycles. The number of nitrogen functional groups attached to an aromatic ring is 1. The highest BCUT2D eigenvalue weighted by Crippen LogP contribution is 2.34. The van der Waals surface area contributed by atoms with Crippen molar-refractivity contribution in [1.82, 2.24) is 14.9 Å². The van der Waals surface area contributed by atoms with Crippen molar-refractivity contribution in [3.05, 3.63) is 64.3 Å². The van der Waals surface area contributed by atoms with E-state index in [4.69, 9.17) is 25.8 Å². The Morgan fingerprint density at radius 1 is 1.06 bits per heavy atom. The molecule has 0 fully saturated rings. The van der Waals surface area contributed by atoms with Gasteiger partial charge in [-0.25, -0.2) is 4.98 Å². The second-order valence-electron chi connectivity index (χ2n) is 8.07. The number of nitrogens with two attached hydrogens (primary N) is 1. The third-order valence-electron chi connectivity index (χ3n) is 5.85. The van der Waals surface area contributed by atoms with Crippen LogP contribution < -0.4 is 20.7 Å². The van der Waals surface area contributed by atoms with Crippen LogP contribution in [0.2, 0.25) is 0 Å². The third-order valence-corrected chi connectivity index (χ3v) is 5.85. The summed E-state index contributed by atoms with van der Waals surface area (Å²) in [6.07, 6.45) is 1.26. The molecule has 31 heavy (non-hydrogen) atoms. The van der Waals surface area contributed by atoms with Gasteiger partial charge in [0.15, 0.2) is 0 Å². The minimum Gasteiger partial charge on any atom is -0.497 e. The van der Waals surface area contributed by atoms with Crippen molar-refractivity contribution in [2.24, 2.45) is 0 Å². The van der Waals surface area contributed by atoms with Crippen LogP contribution in [0.4, 0.5) is 23.1 Å². The molecule has 1 aromatic heterocycles. The van der Waals surface area contributed by atoms with Crippen LogP contribution in [0.5, 0.6) is 5.75 Å². The molecule has 0 bridgehead atoms. The van der Waals surface area contributed by atoms with Crippen molar-refractivity contribution >= 4 is 29.4 Å². The molecule has 0 atom stereocenters. The van der Waals surface area contributed by atoms with Gasteiger partial charge in [-0.05, 0) is 48.5 Å². The summed E-state index contributed by atoms with van der Waals surface area (Å²) in [4.78, 5) is 14.2. The summed E-state index contributed by atoms with van der Waals surface area (Å²) in [7, 11) is 3.77. The summed E-state index contributed by atoms with van der Waals surface area (Å²) < 4.78 is 5.38. The maximum absolute atomic E-state index is 7.57. The molecule has 8 heteroatoms. The number of nitrogens with one attached hydrogen (secondary N) is 2. The van der Waals surface area contributed by atoms with Crippen molar-refractivity contribution < 1.29 is 4.74 Å². The van der Waals surface area contributed by atoms with Crippen LogP contribution in [0, 0.1) is 5.41 Å². The lowest BCUT2D eigenvalue weighted by Crippen LogP contribution is -2.19. The van der Waals surface area contributed by atoms with Crippen LogP contribution in [0.25, 0.3) is 0 Å². The zero-order valence-corrected chi connectivity index (χ0v) is 17.6. The smallest absolute Gasteiger partial charge is 0.228 e. The highest BCUT2D eigenvalue weighted by atomic mass is 16.5. The molecule has 2 aliphatic rings. The van der Waals surface area contributed by atoms with Gasteiger partial charge in [0.1, 0.15) is 11.6 Å². The predicted octanol–water partition coefficient (Wildman–Crippen LogP) is 3.27. The van der Waals surface area contributed by atoms with Crippen molar-refractivity contribution in [2.45, 2.75) is 26.2 Å². The lowest BCUT2D eigenvalue weighted by Gasteiger charge is -2.19. The predicted molar refractivity (Wildman–Crippen MR) is 122 cm³/mol. The monoisotopic (exact) mass is 415 g/mol. The quantitative estimate of drug-likeness (QED) is 0.434. The van der Waals surface area contributed by atoms with Gasteiger partial charge in [0.2, 0.25) is 5.95 Å². The van der Waals surface area contributed by atoms with E-state index >= 15 is 0 Å². The molecule has 8 nitrogen and oxygen atoms in total. The Balaban J connectivity index is 1.49.